The van der Waals surface area contributed by atoms with Gasteiger partial charge in [0, 0.05) is 17.1 Å². The number of halogens is 1. The van der Waals surface area contributed by atoms with Gasteiger partial charge in [0.2, 0.25) is 5.91 Å². The van der Waals surface area contributed by atoms with E-state index in [-0.39, 0.29) is 24.5 Å². The SMILES string of the molecule is CCC(CC(C)CO)NC(=O)C(C)(C)c1ccc(Br)cc1. The number of carbonyl (C=O) groups excluding carboxylic acids is 1. The zero-order valence-corrected chi connectivity index (χ0v) is 14.9. The molecule has 0 aliphatic rings. The summed E-state index contributed by atoms with van der Waals surface area (Å²) in [6.07, 6.45) is 1.67. The maximum Gasteiger partial charge on any atom is 0.230 e. The minimum absolute atomic E-state index is 0.0295. The highest BCUT2D eigenvalue weighted by atomic mass is 79.9. The van der Waals surface area contributed by atoms with Crippen LogP contribution in [-0.2, 0) is 10.2 Å². The van der Waals surface area contributed by atoms with E-state index < -0.39 is 5.41 Å². The first-order chi connectivity index (χ1) is 9.81. The molecule has 1 rings (SSSR count). The van der Waals surface area contributed by atoms with E-state index in [0.29, 0.717) is 0 Å². The summed E-state index contributed by atoms with van der Waals surface area (Å²) in [5.41, 5.74) is 0.421. The van der Waals surface area contributed by atoms with Crippen LogP contribution in [0.4, 0.5) is 0 Å². The van der Waals surface area contributed by atoms with E-state index in [1.807, 2.05) is 45.0 Å². The van der Waals surface area contributed by atoms with Crippen LogP contribution in [0.5, 0.6) is 0 Å². The molecule has 0 aromatic heterocycles. The van der Waals surface area contributed by atoms with Crippen molar-refractivity contribution in [1.82, 2.24) is 5.32 Å². The average molecular weight is 356 g/mol. The Morgan fingerprint density at radius 3 is 2.38 bits per heavy atom. The maximum absolute atomic E-state index is 12.6. The minimum atomic E-state index is -0.573. The summed E-state index contributed by atoms with van der Waals surface area (Å²) >= 11 is 3.41. The number of hydrogen-bond donors (Lipinski definition) is 2. The lowest BCUT2D eigenvalue weighted by Crippen LogP contribution is -2.45. The molecule has 1 amide bonds. The average Bonchev–Trinajstić information content (AvgIpc) is 2.46. The summed E-state index contributed by atoms with van der Waals surface area (Å²) in [6, 6.07) is 7.96. The highest BCUT2D eigenvalue weighted by molar-refractivity contribution is 9.10. The third-order valence-electron chi connectivity index (χ3n) is 3.96. The maximum atomic E-state index is 12.6. The van der Waals surface area contributed by atoms with Crippen molar-refractivity contribution in [3.8, 4) is 0 Å². The fraction of sp³-hybridized carbons (Fsp3) is 0.588. The summed E-state index contributed by atoms with van der Waals surface area (Å²) in [5, 5.41) is 12.3. The van der Waals surface area contributed by atoms with Gasteiger partial charge in [-0.3, -0.25) is 4.79 Å². The van der Waals surface area contributed by atoms with Gasteiger partial charge in [0.1, 0.15) is 0 Å². The Balaban J connectivity index is 2.78. The number of hydrogen-bond acceptors (Lipinski definition) is 2. The molecule has 118 valence electrons. The second-order valence-electron chi connectivity index (χ2n) is 6.23. The van der Waals surface area contributed by atoms with Gasteiger partial charge in [-0.15, -0.1) is 0 Å². The summed E-state index contributed by atoms with van der Waals surface area (Å²) < 4.78 is 1.01. The normalized spacial score (nSPS) is 14.6. The molecular weight excluding hydrogens is 330 g/mol. The van der Waals surface area contributed by atoms with Gasteiger partial charge in [0.05, 0.1) is 5.41 Å². The van der Waals surface area contributed by atoms with Crippen LogP contribution >= 0.6 is 15.9 Å². The summed E-state index contributed by atoms with van der Waals surface area (Å²) in [4.78, 5) is 12.6. The number of aliphatic hydroxyl groups is 1. The molecule has 2 N–H and O–H groups in total. The molecule has 0 aliphatic heterocycles. The first-order valence-corrected chi connectivity index (χ1v) is 8.28. The van der Waals surface area contributed by atoms with Crippen molar-refractivity contribution in [1.29, 1.82) is 0 Å². The van der Waals surface area contributed by atoms with Gasteiger partial charge in [0.25, 0.3) is 0 Å². The van der Waals surface area contributed by atoms with E-state index in [1.54, 1.807) is 0 Å². The predicted molar refractivity (Wildman–Crippen MR) is 90.3 cm³/mol. The fourth-order valence-electron chi connectivity index (χ4n) is 2.25. The van der Waals surface area contributed by atoms with Gasteiger partial charge in [-0.25, -0.2) is 0 Å². The summed E-state index contributed by atoms with van der Waals surface area (Å²) in [6.45, 7) is 8.08. The lowest BCUT2D eigenvalue weighted by Gasteiger charge is -2.28. The van der Waals surface area contributed by atoms with Crippen LogP contribution in [-0.4, -0.2) is 23.7 Å². The number of rotatable bonds is 7. The van der Waals surface area contributed by atoms with E-state index >= 15 is 0 Å². The molecule has 21 heavy (non-hydrogen) atoms. The Bertz CT molecular complexity index is 456. The van der Waals surface area contributed by atoms with Crippen molar-refractivity contribution >= 4 is 21.8 Å². The molecule has 0 saturated carbocycles. The van der Waals surface area contributed by atoms with Crippen molar-refractivity contribution < 1.29 is 9.90 Å². The molecule has 0 saturated heterocycles. The van der Waals surface area contributed by atoms with Gasteiger partial charge in [0.15, 0.2) is 0 Å². The highest BCUT2D eigenvalue weighted by Crippen LogP contribution is 2.25. The minimum Gasteiger partial charge on any atom is -0.396 e. The first-order valence-electron chi connectivity index (χ1n) is 7.49. The van der Waals surface area contributed by atoms with E-state index in [0.717, 1.165) is 22.9 Å². The van der Waals surface area contributed by atoms with Crippen LogP contribution in [0, 0.1) is 5.92 Å². The smallest absolute Gasteiger partial charge is 0.230 e. The quantitative estimate of drug-likeness (QED) is 0.784. The monoisotopic (exact) mass is 355 g/mol. The van der Waals surface area contributed by atoms with E-state index in [2.05, 4.69) is 28.2 Å². The Labute approximate surface area is 136 Å². The Morgan fingerprint density at radius 2 is 1.90 bits per heavy atom. The molecule has 0 heterocycles. The van der Waals surface area contributed by atoms with Gasteiger partial charge in [-0.1, -0.05) is 41.9 Å². The van der Waals surface area contributed by atoms with Gasteiger partial charge in [-0.2, -0.15) is 0 Å². The topological polar surface area (TPSA) is 49.3 Å². The molecule has 0 aliphatic carbocycles. The molecular formula is C17H26BrNO2. The van der Waals surface area contributed by atoms with Crippen LogP contribution in [0.3, 0.4) is 0 Å². The number of carbonyl (C=O) groups is 1. The second kappa shape index (κ2) is 7.95. The molecule has 0 fully saturated rings. The molecule has 2 atom stereocenters. The summed E-state index contributed by atoms with van der Waals surface area (Å²) in [7, 11) is 0. The number of nitrogens with one attached hydrogen (secondary N) is 1. The third kappa shape index (κ3) is 5.11. The van der Waals surface area contributed by atoms with Crippen LogP contribution in [0.1, 0.15) is 46.1 Å². The largest absolute Gasteiger partial charge is 0.396 e. The van der Waals surface area contributed by atoms with Gasteiger partial charge >= 0.3 is 0 Å². The lowest BCUT2D eigenvalue weighted by atomic mass is 9.83. The molecule has 0 radical (unpaired) electrons. The van der Waals surface area contributed by atoms with Gasteiger partial charge in [-0.05, 0) is 50.3 Å². The highest BCUT2D eigenvalue weighted by Gasteiger charge is 2.31. The number of aliphatic hydroxyl groups excluding tert-OH is 1. The number of benzene rings is 1. The van der Waals surface area contributed by atoms with E-state index in [1.165, 1.54) is 0 Å². The molecule has 4 heteroatoms. The van der Waals surface area contributed by atoms with Crippen LogP contribution in [0.2, 0.25) is 0 Å². The molecule has 1 aromatic carbocycles. The van der Waals surface area contributed by atoms with Crippen LogP contribution in [0.15, 0.2) is 28.7 Å². The van der Waals surface area contributed by atoms with Crippen molar-refractivity contribution in [3.05, 3.63) is 34.3 Å². The first kappa shape index (κ1) is 18.2. The Kier molecular flexibility index (Phi) is 6.88. The second-order valence-corrected chi connectivity index (χ2v) is 7.15. The zero-order chi connectivity index (χ0) is 16.0. The molecule has 3 nitrogen and oxygen atoms in total. The van der Waals surface area contributed by atoms with E-state index in [4.69, 9.17) is 5.11 Å². The summed E-state index contributed by atoms with van der Waals surface area (Å²) in [5.74, 6) is 0.229. The number of amides is 1. The molecule has 1 aromatic rings. The van der Waals surface area contributed by atoms with Crippen molar-refractivity contribution in [3.63, 3.8) is 0 Å². The zero-order valence-electron chi connectivity index (χ0n) is 13.3. The Morgan fingerprint density at radius 1 is 1.33 bits per heavy atom. The van der Waals surface area contributed by atoms with Crippen LogP contribution in [0.25, 0.3) is 0 Å². The third-order valence-corrected chi connectivity index (χ3v) is 4.49. The van der Waals surface area contributed by atoms with Crippen molar-refractivity contribution in [2.24, 2.45) is 5.92 Å². The van der Waals surface area contributed by atoms with Crippen molar-refractivity contribution in [2.45, 2.75) is 52.0 Å². The van der Waals surface area contributed by atoms with Gasteiger partial charge < -0.3 is 10.4 Å². The fourth-order valence-corrected chi connectivity index (χ4v) is 2.52. The van der Waals surface area contributed by atoms with Crippen molar-refractivity contribution in [2.75, 3.05) is 6.61 Å². The van der Waals surface area contributed by atoms with Crippen LogP contribution < -0.4 is 5.32 Å². The predicted octanol–water partition coefficient (Wildman–Crippen LogP) is 3.64. The van der Waals surface area contributed by atoms with E-state index in [9.17, 15) is 4.79 Å². The standard InChI is InChI=1S/C17H26BrNO2/c1-5-15(10-12(2)11-20)19-16(21)17(3,4)13-6-8-14(18)9-7-13/h6-9,12,15,20H,5,10-11H2,1-4H3,(H,19,21). The molecule has 2 unspecified atom stereocenters. The molecule has 0 spiro atoms. The molecule has 0 bridgehead atoms. The Hall–Kier alpha value is -0.870. The lowest BCUT2D eigenvalue weighted by molar-refractivity contribution is -0.126.